The van der Waals surface area contributed by atoms with Gasteiger partial charge in [-0.2, -0.15) is 5.26 Å². The largest absolute Gasteiger partial charge is 0.478 e. The van der Waals surface area contributed by atoms with Gasteiger partial charge >= 0.3 is 0 Å². The van der Waals surface area contributed by atoms with Crippen LogP contribution in [0.3, 0.4) is 0 Å². The predicted molar refractivity (Wildman–Crippen MR) is 85.6 cm³/mol. The van der Waals surface area contributed by atoms with Crippen LogP contribution >= 0.6 is 0 Å². The van der Waals surface area contributed by atoms with Crippen molar-refractivity contribution < 1.29 is 4.74 Å². The summed E-state index contributed by atoms with van der Waals surface area (Å²) in [6.45, 7) is 0.706. The van der Waals surface area contributed by atoms with Gasteiger partial charge in [0.05, 0.1) is 11.4 Å². The minimum absolute atomic E-state index is 0.0608. The van der Waals surface area contributed by atoms with Crippen LogP contribution < -0.4 is 15.0 Å². The second-order valence-electron chi connectivity index (χ2n) is 4.82. The van der Waals surface area contributed by atoms with E-state index >= 15 is 0 Å². The van der Waals surface area contributed by atoms with E-state index in [0.717, 1.165) is 22.7 Å². The van der Waals surface area contributed by atoms with Crippen molar-refractivity contribution in [3.8, 4) is 11.8 Å². The maximum atomic E-state index is 8.63. The molecular formula is C17H19N3O. The van der Waals surface area contributed by atoms with Crippen LogP contribution in [0.1, 0.15) is 5.56 Å². The number of rotatable bonds is 6. The summed E-state index contributed by atoms with van der Waals surface area (Å²) in [5, 5.41) is 12.1. The third-order valence-corrected chi connectivity index (χ3v) is 3.12. The van der Waals surface area contributed by atoms with Gasteiger partial charge in [0.2, 0.25) is 0 Å². The van der Waals surface area contributed by atoms with Crippen molar-refractivity contribution >= 4 is 11.4 Å². The molecule has 0 amide bonds. The Kier molecular flexibility index (Phi) is 5.05. The minimum Gasteiger partial charge on any atom is -0.478 e. The fourth-order valence-electron chi connectivity index (χ4n) is 2.10. The van der Waals surface area contributed by atoms with Crippen molar-refractivity contribution in [3.63, 3.8) is 0 Å². The SMILES string of the molecule is CN(C)c1ccccc1NCc1ccccc1OCC#N. The first kappa shape index (κ1) is 14.7. The molecule has 0 aliphatic carbocycles. The highest BCUT2D eigenvalue weighted by Crippen LogP contribution is 2.25. The molecule has 0 fully saturated rings. The smallest absolute Gasteiger partial charge is 0.174 e. The number of anilines is 2. The van der Waals surface area contributed by atoms with Crippen molar-refractivity contribution in [1.82, 2.24) is 0 Å². The molecule has 0 radical (unpaired) electrons. The van der Waals surface area contributed by atoms with E-state index in [1.165, 1.54) is 0 Å². The molecule has 2 rings (SSSR count). The molecule has 1 N–H and O–H groups in total. The summed E-state index contributed by atoms with van der Waals surface area (Å²) in [7, 11) is 4.04. The lowest BCUT2D eigenvalue weighted by atomic mass is 10.2. The summed E-state index contributed by atoms with van der Waals surface area (Å²) in [6.07, 6.45) is 0. The van der Waals surface area contributed by atoms with E-state index in [1.54, 1.807) is 0 Å². The summed E-state index contributed by atoms with van der Waals surface area (Å²) in [4.78, 5) is 2.07. The fraction of sp³-hybridized carbons (Fsp3) is 0.235. The minimum atomic E-state index is 0.0608. The van der Waals surface area contributed by atoms with Gasteiger partial charge in [-0.15, -0.1) is 0 Å². The molecule has 0 bridgehead atoms. The summed E-state index contributed by atoms with van der Waals surface area (Å²) >= 11 is 0. The van der Waals surface area contributed by atoms with E-state index in [9.17, 15) is 0 Å². The Hall–Kier alpha value is -2.67. The van der Waals surface area contributed by atoms with Crippen LogP contribution in [0.2, 0.25) is 0 Å². The number of hydrogen-bond acceptors (Lipinski definition) is 4. The third kappa shape index (κ3) is 3.90. The molecule has 0 saturated heterocycles. The lowest BCUT2D eigenvalue weighted by Crippen LogP contribution is -2.12. The van der Waals surface area contributed by atoms with Gasteiger partial charge in [-0.3, -0.25) is 0 Å². The Balaban J connectivity index is 2.12. The van der Waals surface area contributed by atoms with Gasteiger partial charge in [-0.25, -0.2) is 0 Å². The average Bonchev–Trinajstić information content (AvgIpc) is 2.52. The normalized spacial score (nSPS) is 9.76. The van der Waals surface area contributed by atoms with Crippen LogP contribution in [0.15, 0.2) is 48.5 Å². The van der Waals surface area contributed by atoms with Crippen LogP contribution in [0.25, 0.3) is 0 Å². The first-order chi connectivity index (χ1) is 10.2. The zero-order valence-corrected chi connectivity index (χ0v) is 12.3. The summed E-state index contributed by atoms with van der Waals surface area (Å²) in [6, 6.07) is 17.9. The first-order valence-electron chi connectivity index (χ1n) is 6.80. The number of hydrogen-bond donors (Lipinski definition) is 1. The molecule has 4 nitrogen and oxygen atoms in total. The molecule has 2 aromatic rings. The number of para-hydroxylation sites is 3. The Morgan fingerprint density at radius 1 is 1.10 bits per heavy atom. The molecule has 0 aliphatic rings. The number of nitrogens with zero attached hydrogens (tertiary/aromatic N) is 2. The Morgan fingerprint density at radius 2 is 1.81 bits per heavy atom. The van der Waals surface area contributed by atoms with Crippen LogP contribution in [-0.4, -0.2) is 20.7 Å². The first-order valence-corrected chi connectivity index (χ1v) is 6.80. The highest BCUT2D eigenvalue weighted by atomic mass is 16.5. The Bertz CT molecular complexity index is 632. The number of ether oxygens (including phenoxy) is 1. The Labute approximate surface area is 125 Å². The zero-order chi connectivity index (χ0) is 15.1. The molecule has 0 aromatic heterocycles. The second-order valence-corrected chi connectivity index (χ2v) is 4.82. The highest BCUT2D eigenvalue weighted by Gasteiger charge is 2.06. The van der Waals surface area contributed by atoms with Gasteiger partial charge in [0.25, 0.3) is 0 Å². The molecule has 2 aromatic carbocycles. The quantitative estimate of drug-likeness (QED) is 0.883. The molecule has 4 heteroatoms. The van der Waals surface area contributed by atoms with E-state index in [2.05, 4.69) is 16.3 Å². The van der Waals surface area contributed by atoms with Gasteiger partial charge in [-0.05, 0) is 18.2 Å². The van der Waals surface area contributed by atoms with Gasteiger partial charge in [0, 0.05) is 26.2 Å². The van der Waals surface area contributed by atoms with Crippen LogP contribution in [0, 0.1) is 11.3 Å². The number of benzene rings is 2. The van der Waals surface area contributed by atoms with Crippen molar-refractivity contribution in [1.29, 1.82) is 5.26 Å². The van der Waals surface area contributed by atoms with Crippen molar-refractivity contribution in [3.05, 3.63) is 54.1 Å². The molecule has 0 heterocycles. The van der Waals surface area contributed by atoms with Gasteiger partial charge < -0.3 is 15.0 Å². The van der Waals surface area contributed by atoms with E-state index in [0.29, 0.717) is 6.54 Å². The summed E-state index contributed by atoms with van der Waals surface area (Å²) in [5.74, 6) is 0.744. The van der Waals surface area contributed by atoms with Crippen LogP contribution in [0.4, 0.5) is 11.4 Å². The fourth-order valence-corrected chi connectivity index (χ4v) is 2.10. The average molecular weight is 281 g/mol. The van der Waals surface area contributed by atoms with Crippen LogP contribution in [-0.2, 0) is 6.54 Å². The molecule has 0 atom stereocenters. The maximum Gasteiger partial charge on any atom is 0.174 e. The molecule has 0 spiro atoms. The summed E-state index contributed by atoms with van der Waals surface area (Å²) in [5.41, 5.74) is 3.23. The molecule has 0 saturated carbocycles. The van der Waals surface area contributed by atoms with E-state index < -0.39 is 0 Å². The molecule has 0 unspecified atom stereocenters. The lowest BCUT2D eigenvalue weighted by molar-refractivity contribution is 0.364. The van der Waals surface area contributed by atoms with Crippen molar-refractivity contribution in [2.75, 3.05) is 30.9 Å². The third-order valence-electron chi connectivity index (χ3n) is 3.12. The topological polar surface area (TPSA) is 48.3 Å². The zero-order valence-electron chi connectivity index (χ0n) is 12.3. The van der Waals surface area contributed by atoms with Crippen molar-refractivity contribution in [2.45, 2.75) is 6.54 Å². The van der Waals surface area contributed by atoms with Crippen LogP contribution in [0.5, 0.6) is 5.75 Å². The highest BCUT2D eigenvalue weighted by molar-refractivity contribution is 5.69. The van der Waals surface area contributed by atoms with Gasteiger partial charge in [0.1, 0.15) is 11.8 Å². The van der Waals surface area contributed by atoms with Gasteiger partial charge in [-0.1, -0.05) is 30.3 Å². The second kappa shape index (κ2) is 7.20. The lowest BCUT2D eigenvalue weighted by Gasteiger charge is -2.19. The molecule has 0 aliphatic heterocycles. The summed E-state index contributed by atoms with van der Waals surface area (Å²) < 4.78 is 5.44. The molecule has 21 heavy (non-hydrogen) atoms. The monoisotopic (exact) mass is 281 g/mol. The van der Waals surface area contributed by atoms with E-state index in [4.69, 9.17) is 10.00 Å². The standard InChI is InChI=1S/C17H19N3O/c1-20(2)16-9-5-4-8-15(16)19-13-14-7-3-6-10-17(14)21-12-11-18/h3-10,19H,12-13H2,1-2H3. The maximum absolute atomic E-state index is 8.63. The number of nitrogens with one attached hydrogen (secondary N) is 1. The Morgan fingerprint density at radius 3 is 2.57 bits per heavy atom. The molecule has 108 valence electrons. The number of nitriles is 1. The van der Waals surface area contributed by atoms with E-state index in [-0.39, 0.29) is 6.61 Å². The van der Waals surface area contributed by atoms with E-state index in [1.807, 2.05) is 62.6 Å². The van der Waals surface area contributed by atoms with Crippen molar-refractivity contribution in [2.24, 2.45) is 0 Å². The predicted octanol–water partition coefficient (Wildman–Crippen LogP) is 3.27. The molecular weight excluding hydrogens is 262 g/mol. The van der Waals surface area contributed by atoms with Gasteiger partial charge in [0.15, 0.2) is 6.61 Å².